The SMILES string of the molecule is CC1=Nc2ccc(-c3ccn4nc(N[C@H]5CN(C6COC6)C[C@H]5F)ncc34)nc2C[C@@H]1CCC(F)F. The summed E-state index contributed by atoms with van der Waals surface area (Å²) < 4.78 is 47.0. The minimum absolute atomic E-state index is 0.0281. The third kappa shape index (κ3) is 4.45. The summed E-state index contributed by atoms with van der Waals surface area (Å²) in [6.07, 6.45) is 1.07. The largest absolute Gasteiger partial charge is 0.378 e. The van der Waals surface area contributed by atoms with Gasteiger partial charge in [-0.05, 0) is 38.0 Å². The zero-order valence-corrected chi connectivity index (χ0v) is 19.9. The van der Waals surface area contributed by atoms with E-state index >= 15 is 0 Å². The van der Waals surface area contributed by atoms with Gasteiger partial charge in [0.2, 0.25) is 12.4 Å². The molecule has 0 saturated carbocycles. The number of pyridine rings is 1. The average molecular weight is 500 g/mol. The van der Waals surface area contributed by atoms with Crippen molar-refractivity contribution in [3.8, 4) is 11.3 Å². The molecule has 3 aromatic rings. The minimum atomic E-state index is -2.31. The monoisotopic (exact) mass is 499 g/mol. The van der Waals surface area contributed by atoms with E-state index in [4.69, 9.17) is 9.72 Å². The number of fused-ring (bicyclic) bond motifs is 2. The number of likely N-dealkylation sites (tertiary alicyclic amines) is 1. The van der Waals surface area contributed by atoms with Gasteiger partial charge in [0.15, 0.2) is 0 Å². The molecule has 1 N–H and O–H groups in total. The molecule has 2 saturated heterocycles. The van der Waals surface area contributed by atoms with Crippen molar-refractivity contribution in [1.29, 1.82) is 0 Å². The molecule has 2 fully saturated rings. The Bertz CT molecular complexity index is 1290. The molecule has 0 aromatic carbocycles. The van der Waals surface area contributed by atoms with Crippen LogP contribution < -0.4 is 5.32 Å². The number of hydrogen-bond donors (Lipinski definition) is 1. The van der Waals surface area contributed by atoms with Crippen molar-refractivity contribution in [3.63, 3.8) is 0 Å². The van der Waals surface area contributed by atoms with E-state index in [1.165, 1.54) is 0 Å². The van der Waals surface area contributed by atoms with Gasteiger partial charge in [0, 0.05) is 42.9 Å². The zero-order chi connectivity index (χ0) is 24.8. The number of ether oxygens (including phenoxy) is 1. The van der Waals surface area contributed by atoms with Crippen LogP contribution in [0.25, 0.3) is 16.8 Å². The van der Waals surface area contributed by atoms with Crippen LogP contribution in [-0.4, -0.2) is 81.2 Å². The summed E-state index contributed by atoms with van der Waals surface area (Å²) >= 11 is 0. The number of anilines is 1. The van der Waals surface area contributed by atoms with Crippen LogP contribution in [0.15, 0.2) is 35.6 Å². The highest BCUT2D eigenvalue weighted by Crippen LogP contribution is 2.33. The van der Waals surface area contributed by atoms with Gasteiger partial charge < -0.3 is 10.1 Å². The van der Waals surface area contributed by atoms with Crippen LogP contribution in [0.5, 0.6) is 0 Å². The van der Waals surface area contributed by atoms with Crippen molar-refractivity contribution >= 4 is 22.9 Å². The molecule has 0 unspecified atom stereocenters. The van der Waals surface area contributed by atoms with Crippen molar-refractivity contribution in [2.75, 3.05) is 31.6 Å². The molecule has 3 aliphatic heterocycles. The first kappa shape index (κ1) is 23.4. The number of alkyl halides is 3. The first-order valence-corrected chi connectivity index (χ1v) is 12.3. The Labute approximate surface area is 206 Å². The molecular formula is C25H28F3N7O. The van der Waals surface area contributed by atoms with Gasteiger partial charge in [-0.15, -0.1) is 5.10 Å². The Hall–Kier alpha value is -3.05. The number of nitrogens with zero attached hydrogens (tertiary/aromatic N) is 6. The van der Waals surface area contributed by atoms with Crippen molar-refractivity contribution in [2.45, 2.75) is 50.9 Å². The molecule has 0 amide bonds. The Kier molecular flexibility index (Phi) is 6.12. The predicted molar refractivity (Wildman–Crippen MR) is 130 cm³/mol. The number of aromatic nitrogens is 4. The molecule has 0 bridgehead atoms. The summed E-state index contributed by atoms with van der Waals surface area (Å²) in [5, 5.41) is 7.69. The second-order valence-electron chi connectivity index (χ2n) is 9.84. The van der Waals surface area contributed by atoms with E-state index < -0.39 is 12.6 Å². The quantitative estimate of drug-likeness (QED) is 0.531. The van der Waals surface area contributed by atoms with Gasteiger partial charge in [0.25, 0.3) is 0 Å². The summed E-state index contributed by atoms with van der Waals surface area (Å²) in [5.41, 5.74) is 4.86. The van der Waals surface area contributed by atoms with Crippen molar-refractivity contribution in [2.24, 2.45) is 10.9 Å². The van der Waals surface area contributed by atoms with Crippen LogP contribution in [0.1, 0.15) is 25.5 Å². The second-order valence-corrected chi connectivity index (χ2v) is 9.84. The molecule has 3 atom stereocenters. The zero-order valence-electron chi connectivity index (χ0n) is 19.9. The first-order valence-electron chi connectivity index (χ1n) is 12.3. The molecule has 3 aromatic heterocycles. The van der Waals surface area contributed by atoms with E-state index in [2.05, 4.69) is 25.3 Å². The van der Waals surface area contributed by atoms with E-state index in [-0.39, 0.29) is 18.4 Å². The fourth-order valence-corrected chi connectivity index (χ4v) is 5.21. The maximum Gasteiger partial charge on any atom is 0.241 e. The van der Waals surface area contributed by atoms with Crippen LogP contribution in [0.3, 0.4) is 0 Å². The number of rotatable bonds is 7. The van der Waals surface area contributed by atoms with Crippen LogP contribution in [0, 0.1) is 5.92 Å². The van der Waals surface area contributed by atoms with Crippen molar-refractivity contribution < 1.29 is 17.9 Å². The van der Waals surface area contributed by atoms with E-state index in [9.17, 15) is 13.2 Å². The molecular weight excluding hydrogens is 471 g/mol. The molecule has 190 valence electrons. The van der Waals surface area contributed by atoms with Gasteiger partial charge in [0.1, 0.15) is 6.17 Å². The molecule has 3 aliphatic rings. The van der Waals surface area contributed by atoms with E-state index in [1.807, 2.05) is 31.3 Å². The Balaban J connectivity index is 1.20. The summed E-state index contributed by atoms with van der Waals surface area (Å²) in [6, 6.07) is 5.67. The molecule has 0 radical (unpaired) electrons. The topological polar surface area (TPSA) is 79.9 Å². The highest BCUT2D eigenvalue weighted by atomic mass is 19.3. The summed E-state index contributed by atoms with van der Waals surface area (Å²) in [6.45, 7) is 4.19. The van der Waals surface area contributed by atoms with Gasteiger partial charge in [0.05, 0.1) is 54.1 Å². The number of aliphatic imine (C=N–C) groups is 1. The normalized spacial score (nSPS) is 24.7. The summed E-state index contributed by atoms with van der Waals surface area (Å²) in [7, 11) is 0. The Morgan fingerprint density at radius 1 is 1.19 bits per heavy atom. The molecule has 0 aliphatic carbocycles. The molecule has 6 rings (SSSR count). The lowest BCUT2D eigenvalue weighted by atomic mass is 9.90. The van der Waals surface area contributed by atoms with Gasteiger partial charge in [-0.25, -0.2) is 22.7 Å². The van der Waals surface area contributed by atoms with Gasteiger partial charge >= 0.3 is 0 Å². The maximum absolute atomic E-state index is 14.6. The maximum atomic E-state index is 14.6. The summed E-state index contributed by atoms with van der Waals surface area (Å²) in [4.78, 5) is 16.0. The molecule has 11 heteroatoms. The highest BCUT2D eigenvalue weighted by molar-refractivity contribution is 5.89. The predicted octanol–water partition coefficient (Wildman–Crippen LogP) is 3.93. The Morgan fingerprint density at radius 3 is 2.83 bits per heavy atom. The van der Waals surface area contributed by atoms with Crippen LogP contribution in [0.2, 0.25) is 0 Å². The lowest BCUT2D eigenvalue weighted by molar-refractivity contribution is -0.0585. The molecule has 6 heterocycles. The second kappa shape index (κ2) is 9.44. The van der Waals surface area contributed by atoms with Crippen molar-refractivity contribution in [1.82, 2.24) is 24.5 Å². The molecule has 36 heavy (non-hydrogen) atoms. The lowest BCUT2D eigenvalue weighted by Gasteiger charge is -2.34. The van der Waals surface area contributed by atoms with Crippen molar-refractivity contribution in [3.05, 3.63) is 36.3 Å². The van der Waals surface area contributed by atoms with Crippen LogP contribution in [-0.2, 0) is 11.2 Å². The number of halogens is 3. The van der Waals surface area contributed by atoms with Gasteiger partial charge in [-0.1, -0.05) is 0 Å². The first-order chi connectivity index (χ1) is 17.4. The van der Waals surface area contributed by atoms with Gasteiger partial charge in [-0.2, -0.15) is 0 Å². The Morgan fingerprint density at radius 2 is 2.06 bits per heavy atom. The molecule has 8 nitrogen and oxygen atoms in total. The number of hydrogen-bond acceptors (Lipinski definition) is 7. The smallest absolute Gasteiger partial charge is 0.241 e. The van der Waals surface area contributed by atoms with E-state index in [0.29, 0.717) is 51.1 Å². The van der Waals surface area contributed by atoms with Gasteiger partial charge in [-0.3, -0.25) is 14.9 Å². The standard InChI is InChI=1S/C25H28F3N7O/c1-14-15(2-5-24(27)28)8-21-20(30-14)4-3-19(31-21)17-6-7-35-23(17)9-29-25(33-35)32-22-11-34(10-18(22)26)16-12-36-13-16/h3-4,6-7,9,15-16,18,22,24H,2,5,8,10-13H2,1H3,(H,32,33)/t15-,18+,22-/m0/s1. The lowest BCUT2D eigenvalue weighted by Crippen LogP contribution is -2.48. The fourth-order valence-electron chi connectivity index (χ4n) is 5.21. The van der Waals surface area contributed by atoms with Crippen LogP contribution >= 0.6 is 0 Å². The third-order valence-electron chi connectivity index (χ3n) is 7.43. The third-order valence-corrected chi connectivity index (χ3v) is 7.43. The summed E-state index contributed by atoms with van der Waals surface area (Å²) in [5.74, 6) is 0.341. The minimum Gasteiger partial charge on any atom is -0.378 e. The fraction of sp³-hybridized carbons (Fsp3) is 0.520. The average Bonchev–Trinajstić information content (AvgIpc) is 3.39. The van der Waals surface area contributed by atoms with E-state index in [1.54, 1.807) is 10.7 Å². The highest BCUT2D eigenvalue weighted by Gasteiger charge is 2.39. The number of nitrogens with one attached hydrogen (secondary N) is 1. The van der Waals surface area contributed by atoms with E-state index in [0.717, 1.165) is 33.9 Å². The van der Waals surface area contributed by atoms with Crippen LogP contribution in [0.4, 0.5) is 24.8 Å². The molecule has 0 spiro atoms.